The number of hydrogen-bond donors (Lipinski definition) is 1. The Morgan fingerprint density at radius 2 is 2.00 bits per heavy atom. The molecule has 0 aliphatic rings. The number of aromatic hydroxyl groups is 1. The van der Waals surface area contributed by atoms with Crippen molar-refractivity contribution >= 4 is 11.4 Å². The average molecular weight is 176 g/mol. The molecule has 13 heavy (non-hydrogen) atoms. The summed E-state index contributed by atoms with van der Waals surface area (Å²) < 4.78 is 0. The standard InChI is InChI=1S/C11H12O2/c1-7(2)9-4-5-10(8(3)12)11(13)6-9/h4-6,13H,1H2,2-3H3. The van der Waals surface area contributed by atoms with Crippen LogP contribution in [0.3, 0.4) is 0 Å². The van der Waals surface area contributed by atoms with Crippen LogP contribution in [-0.4, -0.2) is 10.9 Å². The second kappa shape index (κ2) is 3.44. The summed E-state index contributed by atoms with van der Waals surface area (Å²) in [7, 11) is 0. The van der Waals surface area contributed by atoms with Crippen LogP contribution in [0.4, 0.5) is 0 Å². The molecule has 0 saturated carbocycles. The van der Waals surface area contributed by atoms with Crippen LogP contribution in [0.25, 0.3) is 5.57 Å². The molecule has 2 heteroatoms. The van der Waals surface area contributed by atoms with Crippen LogP contribution in [0.5, 0.6) is 5.75 Å². The highest BCUT2D eigenvalue weighted by molar-refractivity contribution is 5.97. The number of carbonyl (C=O) groups is 1. The highest BCUT2D eigenvalue weighted by Gasteiger charge is 2.06. The molecule has 0 aliphatic carbocycles. The summed E-state index contributed by atoms with van der Waals surface area (Å²) in [5, 5.41) is 9.45. The summed E-state index contributed by atoms with van der Waals surface area (Å²) >= 11 is 0. The van der Waals surface area contributed by atoms with Gasteiger partial charge in [-0.25, -0.2) is 0 Å². The molecule has 0 amide bonds. The first-order valence-electron chi connectivity index (χ1n) is 4.02. The fourth-order valence-corrected chi connectivity index (χ4v) is 1.09. The third-order valence-corrected chi connectivity index (χ3v) is 1.87. The van der Waals surface area contributed by atoms with Crippen LogP contribution >= 0.6 is 0 Å². The third-order valence-electron chi connectivity index (χ3n) is 1.87. The maximum Gasteiger partial charge on any atom is 0.163 e. The number of phenols is 1. The molecule has 1 aromatic carbocycles. The van der Waals surface area contributed by atoms with Crippen LogP contribution < -0.4 is 0 Å². The Morgan fingerprint density at radius 3 is 2.38 bits per heavy atom. The molecule has 0 saturated heterocycles. The number of carbonyl (C=O) groups excluding carboxylic acids is 1. The van der Waals surface area contributed by atoms with Crippen LogP contribution in [0.1, 0.15) is 29.8 Å². The van der Waals surface area contributed by atoms with Crippen molar-refractivity contribution in [2.24, 2.45) is 0 Å². The smallest absolute Gasteiger partial charge is 0.163 e. The molecule has 1 aromatic rings. The van der Waals surface area contributed by atoms with Crippen molar-refractivity contribution in [1.82, 2.24) is 0 Å². The van der Waals surface area contributed by atoms with E-state index in [1.54, 1.807) is 18.2 Å². The molecular weight excluding hydrogens is 164 g/mol. The Morgan fingerprint density at radius 1 is 1.38 bits per heavy atom. The van der Waals surface area contributed by atoms with Crippen molar-refractivity contribution in [3.63, 3.8) is 0 Å². The topological polar surface area (TPSA) is 37.3 Å². The molecule has 0 fully saturated rings. The lowest BCUT2D eigenvalue weighted by Gasteiger charge is -2.03. The van der Waals surface area contributed by atoms with Crippen LogP contribution in [-0.2, 0) is 0 Å². The largest absolute Gasteiger partial charge is 0.507 e. The maximum atomic E-state index is 11.0. The van der Waals surface area contributed by atoms with E-state index in [4.69, 9.17) is 0 Å². The summed E-state index contributed by atoms with van der Waals surface area (Å²) in [4.78, 5) is 11.0. The lowest BCUT2D eigenvalue weighted by molar-refractivity contribution is 0.101. The van der Waals surface area contributed by atoms with Gasteiger partial charge < -0.3 is 5.11 Å². The fourth-order valence-electron chi connectivity index (χ4n) is 1.09. The van der Waals surface area contributed by atoms with Crippen molar-refractivity contribution in [2.45, 2.75) is 13.8 Å². The minimum Gasteiger partial charge on any atom is -0.507 e. The Bertz CT molecular complexity index is 364. The summed E-state index contributed by atoms with van der Waals surface area (Å²) in [6.45, 7) is 7.02. The van der Waals surface area contributed by atoms with Crippen molar-refractivity contribution in [3.8, 4) is 5.75 Å². The zero-order valence-corrected chi connectivity index (χ0v) is 7.79. The molecule has 0 radical (unpaired) electrons. The number of benzene rings is 1. The summed E-state index contributed by atoms with van der Waals surface area (Å²) in [5.41, 5.74) is 2.07. The van der Waals surface area contributed by atoms with E-state index in [9.17, 15) is 9.90 Å². The van der Waals surface area contributed by atoms with Gasteiger partial charge in [-0.3, -0.25) is 4.79 Å². The monoisotopic (exact) mass is 176 g/mol. The van der Waals surface area contributed by atoms with E-state index in [1.165, 1.54) is 6.92 Å². The van der Waals surface area contributed by atoms with Crippen LogP contribution in [0, 0.1) is 0 Å². The van der Waals surface area contributed by atoms with Crippen molar-refractivity contribution in [1.29, 1.82) is 0 Å². The maximum absolute atomic E-state index is 11.0. The van der Waals surface area contributed by atoms with E-state index >= 15 is 0 Å². The van der Waals surface area contributed by atoms with Crippen LogP contribution in [0.15, 0.2) is 24.8 Å². The van der Waals surface area contributed by atoms with Gasteiger partial charge in [0.2, 0.25) is 0 Å². The quantitative estimate of drug-likeness (QED) is 0.703. The SMILES string of the molecule is C=C(C)c1ccc(C(C)=O)c(O)c1. The zero-order valence-electron chi connectivity index (χ0n) is 7.79. The predicted molar refractivity (Wildman–Crippen MR) is 52.8 cm³/mol. The summed E-state index contributed by atoms with van der Waals surface area (Å²) in [6, 6.07) is 4.94. The first-order valence-corrected chi connectivity index (χ1v) is 4.02. The first kappa shape index (κ1) is 9.52. The highest BCUT2D eigenvalue weighted by atomic mass is 16.3. The summed E-state index contributed by atoms with van der Waals surface area (Å²) in [5.74, 6) is -0.112. The van der Waals surface area contributed by atoms with Gasteiger partial charge >= 0.3 is 0 Å². The average Bonchev–Trinajstić information content (AvgIpc) is 2.03. The van der Waals surface area contributed by atoms with Crippen molar-refractivity contribution in [3.05, 3.63) is 35.9 Å². The lowest BCUT2D eigenvalue weighted by atomic mass is 10.0. The second-order valence-corrected chi connectivity index (χ2v) is 3.07. The molecule has 0 unspecified atom stereocenters. The minimum atomic E-state index is -0.134. The van der Waals surface area contributed by atoms with Gasteiger partial charge in [0.25, 0.3) is 0 Å². The Balaban J connectivity index is 3.20. The Labute approximate surface area is 77.5 Å². The van der Waals surface area contributed by atoms with E-state index in [-0.39, 0.29) is 11.5 Å². The Kier molecular flexibility index (Phi) is 2.52. The second-order valence-electron chi connectivity index (χ2n) is 3.07. The molecule has 1 N–H and O–H groups in total. The lowest BCUT2D eigenvalue weighted by Crippen LogP contribution is -1.92. The van der Waals surface area contributed by atoms with E-state index in [0.29, 0.717) is 5.56 Å². The number of rotatable bonds is 2. The fraction of sp³-hybridized carbons (Fsp3) is 0.182. The number of hydrogen-bond acceptors (Lipinski definition) is 2. The third kappa shape index (κ3) is 1.96. The van der Waals surface area contributed by atoms with Gasteiger partial charge in [0.1, 0.15) is 5.75 Å². The molecule has 0 heterocycles. The minimum absolute atomic E-state index is 0.0213. The predicted octanol–water partition coefficient (Wildman–Crippen LogP) is 2.63. The van der Waals surface area contributed by atoms with E-state index < -0.39 is 0 Å². The molecule has 1 rings (SSSR count). The molecule has 68 valence electrons. The number of phenolic OH excluding ortho intramolecular Hbond substituents is 1. The summed E-state index contributed by atoms with van der Waals surface area (Å²) in [6.07, 6.45) is 0. The van der Waals surface area contributed by atoms with Gasteiger partial charge in [0.05, 0.1) is 5.56 Å². The van der Waals surface area contributed by atoms with Gasteiger partial charge in [0.15, 0.2) is 5.78 Å². The molecule has 0 spiro atoms. The number of ketones is 1. The molecule has 0 bridgehead atoms. The number of allylic oxidation sites excluding steroid dienone is 1. The van der Waals surface area contributed by atoms with Gasteiger partial charge in [0, 0.05) is 0 Å². The normalized spacial score (nSPS) is 9.69. The van der Waals surface area contributed by atoms with Gasteiger partial charge in [-0.05, 0) is 31.5 Å². The molecule has 0 aliphatic heterocycles. The van der Waals surface area contributed by atoms with E-state index in [1.807, 2.05) is 6.92 Å². The highest BCUT2D eigenvalue weighted by Crippen LogP contribution is 2.22. The first-order chi connectivity index (χ1) is 6.02. The number of Topliss-reactive ketones (excluding diaryl/α,β-unsaturated/α-hetero) is 1. The zero-order chi connectivity index (χ0) is 10.0. The van der Waals surface area contributed by atoms with Crippen molar-refractivity contribution < 1.29 is 9.90 Å². The van der Waals surface area contributed by atoms with Gasteiger partial charge in [-0.1, -0.05) is 18.2 Å². The Hall–Kier alpha value is -1.57. The molecule has 0 aromatic heterocycles. The van der Waals surface area contributed by atoms with E-state index in [2.05, 4.69) is 6.58 Å². The van der Waals surface area contributed by atoms with Crippen LogP contribution in [0.2, 0.25) is 0 Å². The molecule has 2 nitrogen and oxygen atoms in total. The molecular formula is C11H12O2. The van der Waals surface area contributed by atoms with Gasteiger partial charge in [-0.2, -0.15) is 0 Å². The van der Waals surface area contributed by atoms with Gasteiger partial charge in [-0.15, -0.1) is 0 Å². The van der Waals surface area contributed by atoms with Crippen molar-refractivity contribution in [2.75, 3.05) is 0 Å². The van der Waals surface area contributed by atoms with E-state index in [0.717, 1.165) is 11.1 Å². The molecule has 0 atom stereocenters.